The molecule has 1 heterocycles. The summed E-state index contributed by atoms with van der Waals surface area (Å²) in [6.07, 6.45) is -1.06. The van der Waals surface area contributed by atoms with Crippen LogP contribution in [0.15, 0.2) is 12.1 Å². The van der Waals surface area contributed by atoms with E-state index in [4.69, 9.17) is 10.5 Å². The van der Waals surface area contributed by atoms with Crippen LogP contribution in [-0.2, 0) is 5.41 Å². The molecule has 1 aliphatic rings. The van der Waals surface area contributed by atoms with Gasteiger partial charge in [-0.1, -0.05) is 27.7 Å². The van der Waals surface area contributed by atoms with Gasteiger partial charge in [-0.3, -0.25) is 10.1 Å². The third-order valence-electron chi connectivity index (χ3n) is 4.45. The van der Waals surface area contributed by atoms with Crippen LogP contribution >= 0.6 is 0 Å². The number of nitrogens with zero attached hydrogens (tertiary/aromatic N) is 3. The number of carbonyl (C=O) groups excluding carboxylic acids is 1. The molecule has 1 saturated heterocycles. The average molecular weight is 350 g/mol. The number of piperazine rings is 1. The zero-order chi connectivity index (χ0) is 18.8. The number of benzene rings is 1. The average Bonchev–Trinajstić information content (AvgIpc) is 2.52. The van der Waals surface area contributed by atoms with Crippen molar-refractivity contribution in [3.8, 4) is 5.75 Å². The van der Waals surface area contributed by atoms with E-state index in [-0.39, 0.29) is 16.9 Å². The van der Waals surface area contributed by atoms with Crippen molar-refractivity contribution < 1.29 is 14.5 Å². The lowest BCUT2D eigenvalue weighted by atomic mass is 9.84. The maximum Gasteiger partial charge on any atom is 0.410 e. The summed E-state index contributed by atoms with van der Waals surface area (Å²) in [6.45, 7) is 12.6. The van der Waals surface area contributed by atoms with Gasteiger partial charge in [-0.25, -0.2) is 4.79 Å². The van der Waals surface area contributed by atoms with Crippen molar-refractivity contribution in [2.75, 3.05) is 37.6 Å². The van der Waals surface area contributed by atoms with Crippen LogP contribution < -0.4 is 15.4 Å². The van der Waals surface area contributed by atoms with Crippen LogP contribution in [0.5, 0.6) is 5.75 Å². The lowest BCUT2D eigenvalue weighted by molar-refractivity contribution is -0.385. The van der Waals surface area contributed by atoms with E-state index in [9.17, 15) is 14.9 Å². The van der Waals surface area contributed by atoms with Crippen molar-refractivity contribution in [2.24, 2.45) is 5.73 Å². The highest BCUT2D eigenvalue weighted by molar-refractivity contribution is 5.73. The van der Waals surface area contributed by atoms with Crippen molar-refractivity contribution in [3.63, 3.8) is 0 Å². The van der Waals surface area contributed by atoms with Crippen molar-refractivity contribution >= 4 is 17.5 Å². The second-order valence-corrected chi connectivity index (χ2v) is 7.19. The Morgan fingerprint density at radius 3 is 2.32 bits per heavy atom. The Hall–Kier alpha value is -2.35. The Labute approximate surface area is 147 Å². The summed E-state index contributed by atoms with van der Waals surface area (Å²) in [5.74, 6) is -0.113. The van der Waals surface area contributed by atoms with E-state index >= 15 is 0 Å². The van der Waals surface area contributed by atoms with Gasteiger partial charge < -0.3 is 20.3 Å². The van der Waals surface area contributed by atoms with Crippen molar-refractivity contribution in [3.05, 3.63) is 27.8 Å². The normalized spacial score (nSPS) is 15.9. The number of hydrogen-bond acceptors (Lipinski definition) is 6. The van der Waals surface area contributed by atoms with Crippen molar-refractivity contribution in [1.82, 2.24) is 4.90 Å². The molecule has 8 nitrogen and oxygen atoms in total. The van der Waals surface area contributed by atoms with E-state index in [0.717, 1.165) is 44.0 Å². The standard InChI is InChI=1S/C17H26N4O4/c1-5-19-6-8-20(9-7-19)13-11-15(25-16(18)22)14(21(23)24)10-12(13)17(2,3)4/h10-11H,5-9H2,1-4H3,(H2,18,22). The molecule has 0 aliphatic carbocycles. The fourth-order valence-electron chi connectivity index (χ4n) is 3.06. The highest BCUT2D eigenvalue weighted by Gasteiger charge is 2.30. The number of nitro benzene ring substituents is 1. The largest absolute Gasteiger partial charge is 0.410 e. The second-order valence-electron chi connectivity index (χ2n) is 7.19. The van der Waals surface area contributed by atoms with E-state index in [2.05, 4.69) is 16.7 Å². The molecule has 0 saturated carbocycles. The fraction of sp³-hybridized carbons (Fsp3) is 0.588. The number of hydrogen-bond donors (Lipinski definition) is 1. The Balaban J connectivity index is 2.52. The quantitative estimate of drug-likeness (QED) is 0.661. The minimum Gasteiger partial charge on any atom is -0.403 e. The Morgan fingerprint density at radius 1 is 1.28 bits per heavy atom. The molecule has 0 atom stereocenters. The number of likely N-dealkylation sites (N-methyl/N-ethyl adjacent to an activating group) is 1. The van der Waals surface area contributed by atoms with E-state index < -0.39 is 11.0 Å². The molecule has 2 rings (SSSR count). The SMILES string of the molecule is CCN1CCN(c2cc(OC(N)=O)c([N+](=O)[O-])cc2C(C)(C)C)CC1. The monoisotopic (exact) mass is 350 g/mol. The molecule has 0 bridgehead atoms. The summed E-state index contributed by atoms with van der Waals surface area (Å²) in [7, 11) is 0. The molecule has 0 radical (unpaired) electrons. The first-order valence-corrected chi connectivity index (χ1v) is 8.41. The minimum atomic E-state index is -1.06. The molecular weight excluding hydrogens is 324 g/mol. The lowest BCUT2D eigenvalue weighted by Gasteiger charge is -2.38. The molecule has 1 aliphatic heterocycles. The van der Waals surface area contributed by atoms with Gasteiger partial charge in [0.2, 0.25) is 5.75 Å². The van der Waals surface area contributed by atoms with E-state index in [0.29, 0.717) is 0 Å². The summed E-state index contributed by atoms with van der Waals surface area (Å²) in [4.78, 5) is 26.5. The predicted molar refractivity (Wildman–Crippen MR) is 96.3 cm³/mol. The first-order valence-electron chi connectivity index (χ1n) is 8.41. The highest BCUT2D eigenvalue weighted by Crippen LogP contribution is 2.41. The second kappa shape index (κ2) is 7.26. The topological polar surface area (TPSA) is 102 Å². The van der Waals surface area contributed by atoms with Gasteiger partial charge in [0.25, 0.3) is 0 Å². The molecule has 138 valence electrons. The predicted octanol–water partition coefficient (Wildman–Crippen LogP) is 2.49. The van der Waals surface area contributed by atoms with Crippen LogP contribution in [-0.4, -0.2) is 48.6 Å². The van der Waals surface area contributed by atoms with E-state index in [1.54, 1.807) is 6.07 Å². The molecule has 1 fully saturated rings. The maximum atomic E-state index is 11.4. The fourth-order valence-corrected chi connectivity index (χ4v) is 3.06. The van der Waals surface area contributed by atoms with Gasteiger partial charge in [0.05, 0.1) is 4.92 Å². The zero-order valence-electron chi connectivity index (χ0n) is 15.2. The van der Waals surface area contributed by atoms with Gasteiger partial charge in [-0.05, 0) is 17.5 Å². The smallest absolute Gasteiger partial charge is 0.403 e. The number of primary amides is 1. The van der Waals surface area contributed by atoms with Gasteiger partial charge in [0, 0.05) is 44.0 Å². The minimum absolute atomic E-state index is 0.113. The molecule has 0 unspecified atom stereocenters. The van der Waals surface area contributed by atoms with Gasteiger partial charge in [-0.2, -0.15) is 0 Å². The third kappa shape index (κ3) is 4.39. The number of amides is 1. The van der Waals surface area contributed by atoms with Crippen molar-refractivity contribution in [2.45, 2.75) is 33.1 Å². The van der Waals surface area contributed by atoms with Crippen molar-refractivity contribution in [1.29, 1.82) is 0 Å². The van der Waals surface area contributed by atoms with Crippen LogP contribution in [0, 0.1) is 10.1 Å². The molecule has 25 heavy (non-hydrogen) atoms. The maximum absolute atomic E-state index is 11.4. The van der Waals surface area contributed by atoms with Gasteiger partial charge >= 0.3 is 11.8 Å². The first-order chi connectivity index (χ1) is 11.6. The van der Waals surface area contributed by atoms with Crippen LogP contribution in [0.25, 0.3) is 0 Å². The number of carbonyl (C=O) groups is 1. The molecule has 1 amide bonds. The van der Waals surface area contributed by atoms with Gasteiger partial charge in [0.15, 0.2) is 0 Å². The summed E-state index contributed by atoms with van der Waals surface area (Å²) in [5, 5.41) is 11.4. The van der Waals surface area contributed by atoms with E-state index in [1.165, 1.54) is 6.07 Å². The highest BCUT2D eigenvalue weighted by atomic mass is 16.6. The first kappa shape index (κ1) is 19.0. The molecular formula is C17H26N4O4. The van der Waals surface area contributed by atoms with Crippen LogP contribution in [0.1, 0.15) is 33.3 Å². The third-order valence-corrected chi connectivity index (χ3v) is 4.45. The zero-order valence-corrected chi connectivity index (χ0v) is 15.2. The van der Waals surface area contributed by atoms with Crippen LogP contribution in [0.3, 0.4) is 0 Å². The molecule has 1 aromatic rings. The molecule has 0 aromatic heterocycles. The number of rotatable bonds is 4. The number of anilines is 1. The summed E-state index contributed by atoms with van der Waals surface area (Å²) < 4.78 is 4.91. The number of nitrogens with two attached hydrogens (primary N) is 1. The summed E-state index contributed by atoms with van der Waals surface area (Å²) in [6, 6.07) is 3.07. The lowest BCUT2D eigenvalue weighted by Crippen LogP contribution is -2.46. The molecule has 0 spiro atoms. The Morgan fingerprint density at radius 2 is 1.88 bits per heavy atom. The molecule has 8 heteroatoms. The van der Waals surface area contributed by atoms with Crippen LogP contribution in [0.2, 0.25) is 0 Å². The van der Waals surface area contributed by atoms with Gasteiger partial charge in [-0.15, -0.1) is 0 Å². The van der Waals surface area contributed by atoms with Gasteiger partial charge in [0.1, 0.15) is 0 Å². The number of ether oxygens (including phenoxy) is 1. The molecule has 2 N–H and O–H groups in total. The number of nitro groups is 1. The summed E-state index contributed by atoms with van der Waals surface area (Å²) >= 11 is 0. The van der Waals surface area contributed by atoms with E-state index in [1.807, 2.05) is 20.8 Å². The van der Waals surface area contributed by atoms with Crippen LogP contribution in [0.4, 0.5) is 16.2 Å². The molecule has 1 aromatic carbocycles. The Bertz CT molecular complexity index is 661. The summed E-state index contributed by atoms with van der Waals surface area (Å²) in [5.41, 5.74) is 6.23. The Kier molecular flexibility index (Phi) is 5.52.